The summed E-state index contributed by atoms with van der Waals surface area (Å²) in [5.74, 6) is 3.53. The molecule has 56 heavy (non-hydrogen) atoms. The lowest BCUT2D eigenvalue weighted by atomic mass is 10.00. The van der Waals surface area contributed by atoms with Crippen molar-refractivity contribution >= 4 is 11.7 Å². The molecule has 0 radical (unpaired) electrons. The standard InChI is InChI=1S/C50H40N6/c1-35-27-29-39(30-28-35)49-54-48(38-19-10-5-11-20-38)55-50(56-49)45-26-14-23-42(33-45)41-22-13-24-43(32-41)46(51-2)53-47(52-34-36-15-6-3-7-16-36)44-25-12-21-40(31-44)37-17-8-4-9-18-37/h3-33H,34H2,1-2H3,(H,51,52,53)/p+1. The average Bonchev–Trinajstić information content (AvgIpc) is 3.27. The van der Waals surface area contributed by atoms with Crippen LogP contribution >= 0.6 is 0 Å². The molecule has 0 saturated heterocycles. The van der Waals surface area contributed by atoms with Gasteiger partial charge in [0.25, 0.3) is 11.6 Å². The Morgan fingerprint density at radius 3 is 1.66 bits per heavy atom. The fourth-order valence-electron chi connectivity index (χ4n) is 6.58. The first-order valence-corrected chi connectivity index (χ1v) is 18.8. The van der Waals surface area contributed by atoms with E-state index in [1.165, 1.54) is 5.56 Å². The van der Waals surface area contributed by atoms with Crippen molar-refractivity contribution in [1.82, 2.24) is 15.3 Å². The Labute approximate surface area is 328 Å². The lowest BCUT2D eigenvalue weighted by Crippen LogP contribution is -2.21. The van der Waals surface area contributed by atoms with E-state index in [1.807, 2.05) is 49.5 Å². The molecule has 8 aromatic rings. The van der Waals surface area contributed by atoms with Crippen molar-refractivity contribution < 1.29 is 4.98 Å². The second-order valence-electron chi connectivity index (χ2n) is 13.5. The van der Waals surface area contributed by atoms with Crippen LogP contribution in [0.15, 0.2) is 198 Å². The molecule has 1 aromatic heterocycles. The van der Waals surface area contributed by atoms with Crippen LogP contribution in [0.3, 0.4) is 0 Å². The van der Waals surface area contributed by atoms with Gasteiger partial charge in [-0.1, -0.05) is 155 Å². The third-order valence-corrected chi connectivity index (χ3v) is 9.57. The number of nitrogens with zero attached hydrogens (tertiary/aromatic N) is 4. The molecule has 0 amide bonds. The van der Waals surface area contributed by atoms with Crippen LogP contribution in [0.1, 0.15) is 22.3 Å². The van der Waals surface area contributed by atoms with Gasteiger partial charge in [-0.2, -0.15) is 0 Å². The summed E-state index contributed by atoms with van der Waals surface area (Å²) < 4.78 is 0. The number of amidine groups is 2. The summed E-state index contributed by atoms with van der Waals surface area (Å²) in [7, 11) is 1.90. The molecular formula is C50H41N6+. The molecule has 0 aliphatic rings. The van der Waals surface area contributed by atoms with Gasteiger partial charge in [-0.05, 0) is 83.3 Å². The molecule has 0 fully saturated rings. The number of aromatic amines is 1. The predicted molar refractivity (Wildman–Crippen MR) is 229 cm³/mol. The third kappa shape index (κ3) is 8.40. The van der Waals surface area contributed by atoms with E-state index in [-0.39, 0.29) is 0 Å². The maximum absolute atomic E-state index is 5.20. The van der Waals surface area contributed by atoms with Crippen molar-refractivity contribution in [2.24, 2.45) is 9.98 Å². The molecule has 0 atom stereocenters. The van der Waals surface area contributed by atoms with Crippen LogP contribution in [0, 0.1) is 6.92 Å². The van der Waals surface area contributed by atoms with Gasteiger partial charge in [0.1, 0.15) is 5.84 Å². The predicted octanol–water partition coefficient (Wildman–Crippen LogP) is 10.5. The Hall–Kier alpha value is -7.31. The smallest absolute Gasteiger partial charge is 0.308 e. The van der Waals surface area contributed by atoms with Gasteiger partial charge in [0.05, 0.1) is 23.2 Å². The molecular weight excluding hydrogens is 685 g/mol. The van der Waals surface area contributed by atoms with Crippen molar-refractivity contribution in [2.75, 3.05) is 7.05 Å². The molecule has 0 bridgehead atoms. The maximum atomic E-state index is 5.20. The highest BCUT2D eigenvalue weighted by atomic mass is 15.0. The van der Waals surface area contributed by atoms with Gasteiger partial charge in [-0.15, -0.1) is 0 Å². The molecule has 0 spiro atoms. The number of benzene rings is 7. The Morgan fingerprint density at radius 2 is 1.00 bits per heavy atom. The molecule has 6 heteroatoms. The van der Waals surface area contributed by atoms with Crippen molar-refractivity contribution in [2.45, 2.75) is 13.5 Å². The van der Waals surface area contributed by atoms with Crippen molar-refractivity contribution in [3.63, 3.8) is 0 Å². The summed E-state index contributed by atoms with van der Waals surface area (Å²) in [5, 5.41) is 3.37. The van der Waals surface area contributed by atoms with Crippen molar-refractivity contribution in [1.29, 1.82) is 0 Å². The molecule has 0 saturated carbocycles. The highest BCUT2D eigenvalue weighted by molar-refractivity contribution is 6.12. The zero-order valence-electron chi connectivity index (χ0n) is 31.4. The van der Waals surface area contributed by atoms with Gasteiger partial charge in [0.2, 0.25) is 0 Å². The lowest BCUT2D eigenvalue weighted by molar-refractivity contribution is -0.359. The molecule has 1 heterocycles. The first-order valence-electron chi connectivity index (χ1n) is 18.8. The average molecular weight is 726 g/mol. The van der Waals surface area contributed by atoms with Gasteiger partial charge in [0, 0.05) is 18.2 Å². The third-order valence-electron chi connectivity index (χ3n) is 9.57. The number of aryl methyl sites for hydroxylation is 1. The lowest BCUT2D eigenvalue weighted by Gasteiger charge is -2.12. The van der Waals surface area contributed by atoms with Crippen molar-refractivity contribution in [3.8, 4) is 56.4 Å². The molecule has 270 valence electrons. The quantitative estimate of drug-likeness (QED) is 0.119. The summed E-state index contributed by atoms with van der Waals surface area (Å²) in [4.78, 5) is 23.8. The van der Waals surface area contributed by atoms with Gasteiger partial charge in [-0.3, -0.25) is 4.99 Å². The Balaban J connectivity index is 1.16. The first kappa shape index (κ1) is 35.7. The number of rotatable bonds is 9. The summed E-state index contributed by atoms with van der Waals surface area (Å²) in [6.07, 6.45) is 0. The minimum atomic E-state index is 0.510. The molecule has 6 nitrogen and oxygen atoms in total. The minimum Gasteiger partial charge on any atom is -0.373 e. The second-order valence-corrected chi connectivity index (χ2v) is 13.5. The SMILES string of the molecule is CNC(=NC(=NCc1ccccc1)c1cccc(-c2ccccc2)c1)c1cccc(-c2cccc(-c3nc(-c4ccccc4)[nH+]c(-c4ccc(C)cc4)n3)c2)c1. The largest absolute Gasteiger partial charge is 0.373 e. The van der Waals surface area contributed by atoms with E-state index >= 15 is 0 Å². The molecule has 0 aliphatic heterocycles. The highest BCUT2D eigenvalue weighted by Gasteiger charge is 2.20. The number of hydrogen-bond donors (Lipinski definition) is 1. The van der Waals surface area contributed by atoms with Crippen LogP contribution < -0.4 is 10.3 Å². The number of aliphatic imine (C=N–C) groups is 2. The van der Waals surface area contributed by atoms with E-state index in [1.54, 1.807) is 0 Å². The molecule has 2 N–H and O–H groups in total. The molecule has 8 rings (SSSR count). The van der Waals surface area contributed by atoms with Crippen LogP contribution in [-0.2, 0) is 6.54 Å². The molecule has 0 unspecified atom stereocenters. The number of H-pyrrole nitrogens is 1. The van der Waals surface area contributed by atoms with Gasteiger partial charge < -0.3 is 5.32 Å². The monoisotopic (exact) mass is 725 g/mol. The second kappa shape index (κ2) is 16.8. The number of aromatic nitrogens is 3. The number of nitrogens with one attached hydrogen (secondary N) is 2. The van der Waals surface area contributed by atoms with Gasteiger partial charge >= 0.3 is 5.82 Å². The normalized spacial score (nSPS) is 11.7. The van der Waals surface area contributed by atoms with E-state index in [0.717, 1.165) is 73.1 Å². The molecule has 7 aromatic carbocycles. The first-order chi connectivity index (χ1) is 27.6. The fraction of sp³-hybridized carbons (Fsp3) is 0.0600. The number of hydrogen-bond acceptors (Lipinski definition) is 3. The van der Waals surface area contributed by atoms with E-state index < -0.39 is 0 Å². The van der Waals surface area contributed by atoms with Crippen LogP contribution in [0.25, 0.3) is 56.4 Å². The summed E-state index contributed by atoms with van der Waals surface area (Å²) >= 11 is 0. The van der Waals surface area contributed by atoms with Crippen LogP contribution in [0.2, 0.25) is 0 Å². The topological polar surface area (TPSA) is 76.7 Å². The van der Waals surface area contributed by atoms with E-state index in [9.17, 15) is 0 Å². The summed E-state index contributed by atoms with van der Waals surface area (Å²) in [5.41, 5.74) is 11.5. The Morgan fingerprint density at radius 1 is 0.500 bits per heavy atom. The summed E-state index contributed by atoms with van der Waals surface area (Å²) in [6, 6.07) is 64.5. The maximum Gasteiger partial charge on any atom is 0.308 e. The van der Waals surface area contributed by atoms with Gasteiger partial charge in [-0.25, -0.2) is 9.98 Å². The van der Waals surface area contributed by atoms with E-state index in [0.29, 0.717) is 18.2 Å². The Kier molecular flexibility index (Phi) is 10.7. The molecule has 0 aliphatic carbocycles. The summed E-state index contributed by atoms with van der Waals surface area (Å²) in [6.45, 7) is 2.60. The fourth-order valence-corrected chi connectivity index (χ4v) is 6.58. The zero-order valence-corrected chi connectivity index (χ0v) is 31.4. The van der Waals surface area contributed by atoms with Crippen LogP contribution in [0.5, 0.6) is 0 Å². The van der Waals surface area contributed by atoms with Gasteiger partial charge in [0.15, 0.2) is 5.84 Å². The van der Waals surface area contributed by atoms with E-state index in [2.05, 4.69) is 163 Å². The van der Waals surface area contributed by atoms with Crippen LogP contribution in [-0.4, -0.2) is 28.7 Å². The Bertz CT molecular complexity index is 2630. The van der Waals surface area contributed by atoms with Crippen molar-refractivity contribution in [3.05, 3.63) is 210 Å². The van der Waals surface area contributed by atoms with Crippen LogP contribution in [0.4, 0.5) is 0 Å². The minimum absolute atomic E-state index is 0.510. The van der Waals surface area contributed by atoms with E-state index in [4.69, 9.17) is 20.0 Å². The highest BCUT2D eigenvalue weighted by Crippen LogP contribution is 2.28. The zero-order chi connectivity index (χ0) is 38.1.